The number of rotatable bonds is 12. The normalized spacial score (nSPS) is 23.7. The highest BCUT2D eigenvalue weighted by atomic mass is 16.5. The average molecular weight is 701 g/mol. The number of aryl methyl sites for hydroxylation is 1. The molecule has 4 aromatic rings. The second-order valence-electron chi connectivity index (χ2n) is 15.1. The van der Waals surface area contributed by atoms with Gasteiger partial charge >= 0.3 is 0 Å². The van der Waals surface area contributed by atoms with E-state index in [-0.39, 0.29) is 29.7 Å². The van der Waals surface area contributed by atoms with Gasteiger partial charge in [-0.3, -0.25) is 29.4 Å². The first-order valence-electron chi connectivity index (χ1n) is 18.8. The van der Waals surface area contributed by atoms with Crippen molar-refractivity contribution in [2.45, 2.75) is 88.9 Å². The minimum atomic E-state index is -0.405. The Balaban J connectivity index is 1.01. The van der Waals surface area contributed by atoms with Gasteiger partial charge in [-0.15, -0.1) is 0 Å². The summed E-state index contributed by atoms with van der Waals surface area (Å²) in [4.78, 5) is 51.1. The van der Waals surface area contributed by atoms with Crippen LogP contribution in [0.3, 0.4) is 0 Å². The number of nitrogens with one attached hydrogen (secondary N) is 2. The first kappa shape index (κ1) is 34.4. The van der Waals surface area contributed by atoms with Gasteiger partial charge in [-0.05, 0) is 118 Å². The Bertz CT molecular complexity index is 1880. The van der Waals surface area contributed by atoms with Crippen LogP contribution in [0.4, 0.5) is 11.4 Å². The van der Waals surface area contributed by atoms with Gasteiger partial charge < -0.3 is 15.4 Å². The zero-order valence-electron chi connectivity index (χ0n) is 30.1. The minimum Gasteiger partial charge on any atom is -0.495 e. The van der Waals surface area contributed by atoms with Crippen molar-refractivity contribution >= 4 is 23.2 Å². The lowest BCUT2D eigenvalue weighted by Crippen LogP contribution is -2.50. The highest BCUT2D eigenvalue weighted by Crippen LogP contribution is 2.41. The van der Waals surface area contributed by atoms with Crippen molar-refractivity contribution in [2.24, 2.45) is 11.8 Å². The summed E-state index contributed by atoms with van der Waals surface area (Å²) in [5.74, 6) is 3.08. The first-order valence-corrected chi connectivity index (χ1v) is 18.8. The first-order chi connectivity index (χ1) is 25.4. The van der Waals surface area contributed by atoms with E-state index in [9.17, 15) is 9.59 Å². The number of amides is 2. The number of aromatic nitrogens is 4. The molecule has 1 aromatic carbocycles. The fourth-order valence-electron chi connectivity index (χ4n) is 8.12. The number of hydrogen-bond donors (Lipinski definition) is 2. The maximum absolute atomic E-state index is 14.2. The lowest BCUT2D eigenvalue weighted by molar-refractivity contribution is -0.124. The van der Waals surface area contributed by atoms with Crippen molar-refractivity contribution in [3.63, 3.8) is 0 Å². The Morgan fingerprint density at radius 3 is 2.06 bits per heavy atom. The summed E-state index contributed by atoms with van der Waals surface area (Å²) in [6.45, 7) is 4.65. The average Bonchev–Trinajstić information content (AvgIpc) is 4.12. The van der Waals surface area contributed by atoms with E-state index >= 15 is 0 Å². The van der Waals surface area contributed by atoms with Crippen LogP contribution in [0, 0.1) is 18.8 Å². The van der Waals surface area contributed by atoms with Crippen LogP contribution in [0.15, 0.2) is 73.3 Å². The molecule has 2 unspecified atom stereocenters. The maximum Gasteiger partial charge on any atom is 0.241 e. The molecule has 0 spiro atoms. The van der Waals surface area contributed by atoms with Gasteiger partial charge in [0.1, 0.15) is 11.6 Å². The molecule has 3 aromatic heterocycles. The van der Waals surface area contributed by atoms with Crippen LogP contribution in [-0.2, 0) is 22.7 Å². The van der Waals surface area contributed by atoms with Gasteiger partial charge in [0, 0.05) is 43.6 Å². The van der Waals surface area contributed by atoms with Gasteiger partial charge in [0.15, 0.2) is 0 Å². The summed E-state index contributed by atoms with van der Waals surface area (Å²) in [5, 5.41) is 6.36. The lowest BCUT2D eigenvalue weighted by Gasteiger charge is -2.40. The van der Waals surface area contributed by atoms with Gasteiger partial charge in [-0.25, -0.2) is 9.97 Å². The SMILES string of the molecule is COc1cccnc1CN1CCC(C2C[C@H](C(=O)Nc3ccc(C4CC4)cc3)N(Cc3ncccc3C)C2)C[C@@H]1C(=O)Nc1cnc(C2CC2)nc1. The van der Waals surface area contributed by atoms with E-state index in [1.807, 2.05) is 36.5 Å². The Hall–Kier alpha value is -4.74. The predicted molar refractivity (Wildman–Crippen MR) is 199 cm³/mol. The molecule has 52 heavy (non-hydrogen) atoms. The number of benzene rings is 1. The molecule has 270 valence electrons. The van der Waals surface area contributed by atoms with Crippen molar-refractivity contribution in [1.82, 2.24) is 29.7 Å². The van der Waals surface area contributed by atoms with Crippen LogP contribution in [0.5, 0.6) is 5.75 Å². The molecule has 2 saturated heterocycles. The maximum atomic E-state index is 14.2. The van der Waals surface area contributed by atoms with Gasteiger partial charge in [-0.1, -0.05) is 18.2 Å². The zero-order chi connectivity index (χ0) is 35.6. The van der Waals surface area contributed by atoms with Crippen molar-refractivity contribution in [3.8, 4) is 5.75 Å². The molecule has 2 aliphatic heterocycles. The van der Waals surface area contributed by atoms with E-state index in [4.69, 9.17) is 4.74 Å². The van der Waals surface area contributed by atoms with E-state index in [2.05, 4.69) is 65.5 Å². The lowest BCUT2D eigenvalue weighted by atomic mass is 9.79. The fraction of sp³-hybridized carbons (Fsp3) is 0.463. The Morgan fingerprint density at radius 2 is 1.37 bits per heavy atom. The molecule has 4 aliphatic rings. The third-order valence-electron chi connectivity index (χ3n) is 11.5. The molecule has 11 heteroatoms. The standard InChI is InChI=1S/C41H48N8O3/c1-26-5-3-16-42-34(26)24-49-23-31(20-37(49)41(51)46-32-13-11-28(12-14-32)27-7-8-27)30-15-18-48(25-35-38(52-2)6-4-17-43-35)36(19-30)40(50)47-33-21-44-39(45-22-33)29-9-10-29/h3-6,11-14,16-17,21-22,27,29-31,36-37H,7-10,15,18-20,23-25H2,1-2H3,(H,46,51)(H,47,50)/t30?,31?,36-,37-/m1/s1. The Morgan fingerprint density at radius 1 is 0.731 bits per heavy atom. The molecule has 2 N–H and O–H groups in total. The number of hydrogen-bond acceptors (Lipinski definition) is 9. The number of carbonyl (C=O) groups excluding carboxylic acids is 2. The molecule has 5 heterocycles. The number of nitrogens with zero attached hydrogens (tertiary/aromatic N) is 6. The summed E-state index contributed by atoms with van der Waals surface area (Å²) in [6, 6.07) is 15.4. The Labute approximate surface area is 305 Å². The molecule has 2 aliphatic carbocycles. The van der Waals surface area contributed by atoms with E-state index in [1.54, 1.807) is 25.7 Å². The quantitative estimate of drug-likeness (QED) is 0.181. The highest BCUT2D eigenvalue weighted by Gasteiger charge is 2.44. The second-order valence-corrected chi connectivity index (χ2v) is 15.1. The molecular weight excluding hydrogens is 653 g/mol. The van der Waals surface area contributed by atoms with E-state index in [0.29, 0.717) is 42.8 Å². The highest BCUT2D eigenvalue weighted by molar-refractivity contribution is 5.95. The van der Waals surface area contributed by atoms with Crippen molar-refractivity contribution in [3.05, 3.63) is 102 Å². The number of methoxy groups -OCH3 is 1. The van der Waals surface area contributed by atoms with Gasteiger partial charge in [0.05, 0.1) is 48.7 Å². The summed E-state index contributed by atoms with van der Waals surface area (Å²) < 4.78 is 5.63. The molecule has 8 rings (SSSR count). The fourth-order valence-corrected chi connectivity index (χ4v) is 8.12. The van der Waals surface area contributed by atoms with Crippen LogP contribution in [0.25, 0.3) is 0 Å². The van der Waals surface area contributed by atoms with Gasteiger partial charge in [0.2, 0.25) is 11.8 Å². The van der Waals surface area contributed by atoms with Crippen LogP contribution in [-0.4, -0.2) is 73.8 Å². The molecule has 11 nitrogen and oxygen atoms in total. The molecule has 0 radical (unpaired) electrons. The van der Waals surface area contributed by atoms with Crippen LogP contribution in [0.1, 0.15) is 85.1 Å². The van der Waals surface area contributed by atoms with E-state index in [1.165, 1.54) is 18.4 Å². The molecule has 4 fully saturated rings. The van der Waals surface area contributed by atoms with E-state index in [0.717, 1.165) is 67.2 Å². The topological polar surface area (TPSA) is 125 Å². The summed E-state index contributed by atoms with van der Waals surface area (Å²) in [5.41, 5.74) is 5.69. The molecule has 4 atom stereocenters. The molecular formula is C41H48N8O3. The molecule has 2 saturated carbocycles. The molecule has 0 bridgehead atoms. The smallest absolute Gasteiger partial charge is 0.241 e. The van der Waals surface area contributed by atoms with Crippen molar-refractivity contribution in [2.75, 3.05) is 30.8 Å². The number of ether oxygens (including phenoxy) is 1. The van der Waals surface area contributed by atoms with Gasteiger partial charge in [0.25, 0.3) is 0 Å². The van der Waals surface area contributed by atoms with Crippen LogP contribution < -0.4 is 15.4 Å². The zero-order valence-corrected chi connectivity index (χ0v) is 30.1. The number of carbonyl (C=O) groups is 2. The summed E-state index contributed by atoms with van der Waals surface area (Å²) >= 11 is 0. The third-order valence-corrected chi connectivity index (χ3v) is 11.5. The van der Waals surface area contributed by atoms with E-state index < -0.39 is 6.04 Å². The van der Waals surface area contributed by atoms with Gasteiger partial charge in [-0.2, -0.15) is 0 Å². The number of pyridine rings is 2. The van der Waals surface area contributed by atoms with Crippen LogP contribution in [0.2, 0.25) is 0 Å². The minimum absolute atomic E-state index is 0.0128. The van der Waals surface area contributed by atoms with Crippen LogP contribution >= 0.6 is 0 Å². The number of anilines is 2. The second kappa shape index (κ2) is 15.1. The predicted octanol–water partition coefficient (Wildman–Crippen LogP) is 6.09. The summed E-state index contributed by atoms with van der Waals surface area (Å²) in [7, 11) is 1.65. The summed E-state index contributed by atoms with van der Waals surface area (Å²) in [6.07, 6.45) is 14.1. The monoisotopic (exact) mass is 700 g/mol. The molecule has 2 amide bonds. The van der Waals surface area contributed by atoms with Crippen molar-refractivity contribution in [1.29, 1.82) is 0 Å². The number of piperidine rings is 1. The van der Waals surface area contributed by atoms with Crippen molar-refractivity contribution < 1.29 is 14.3 Å². The largest absolute Gasteiger partial charge is 0.495 e. The number of likely N-dealkylation sites (tertiary alicyclic amines) is 2. The Kier molecular flexibility index (Phi) is 9.96. The third kappa shape index (κ3) is 7.85.